The molecule has 0 saturated carbocycles. The molecule has 1 saturated heterocycles. The van der Waals surface area contributed by atoms with Crippen LogP contribution in [0.1, 0.15) is 13.3 Å². The first kappa shape index (κ1) is 14.7. The van der Waals surface area contributed by atoms with E-state index in [2.05, 4.69) is 17.1 Å². The van der Waals surface area contributed by atoms with E-state index in [0.717, 1.165) is 39.1 Å². The first-order chi connectivity index (χ1) is 8.01. The molecule has 0 aliphatic carbocycles. The second-order valence-corrected chi connectivity index (χ2v) is 4.44. The van der Waals surface area contributed by atoms with Gasteiger partial charge in [-0.3, -0.25) is 4.90 Å². The highest BCUT2D eigenvalue weighted by atomic mass is 19.4. The zero-order valence-corrected chi connectivity index (χ0v) is 10.4. The van der Waals surface area contributed by atoms with Crippen molar-refractivity contribution in [3.63, 3.8) is 0 Å². The summed E-state index contributed by atoms with van der Waals surface area (Å²) < 4.78 is 36.5. The highest BCUT2D eigenvalue weighted by Gasteiger charge is 2.31. The topological polar surface area (TPSA) is 18.5 Å². The van der Waals surface area contributed by atoms with Crippen LogP contribution in [0.15, 0.2) is 0 Å². The minimum Gasteiger partial charge on any atom is -0.317 e. The molecule has 0 aromatic rings. The van der Waals surface area contributed by atoms with Gasteiger partial charge in [0.05, 0.1) is 6.54 Å². The number of hydrogen-bond donors (Lipinski definition) is 1. The van der Waals surface area contributed by atoms with E-state index in [1.807, 2.05) is 0 Å². The summed E-state index contributed by atoms with van der Waals surface area (Å²) in [7, 11) is 0. The van der Waals surface area contributed by atoms with E-state index in [4.69, 9.17) is 0 Å². The van der Waals surface area contributed by atoms with E-state index >= 15 is 0 Å². The molecule has 1 N–H and O–H groups in total. The Labute approximate surface area is 101 Å². The highest BCUT2D eigenvalue weighted by Crippen LogP contribution is 2.17. The van der Waals surface area contributed by atoms with Crippen molar-refractivity contribution in [2.75, 3.05) is 52.4 Å². The zero-order valence-electron chi connectivity index (χ0n) is 10.4. The van der Waals surface area contributed by atoms with Crippen molar-refractivity contribution in [2.24, 2.45) is 0 Å². The molecule has 1 fully saturated rings. The van der Waals surface area contributed by atoms with Gasteiger partial charge in [0.1, 0.15) is 0 Å². The highest BCUT2D eigenvalue weighted by molar-refractivity contribution is 4.73. The van der Waals surface area contributed by atoms with E-state index in [0.29, 0.717) is 13.1 Å². The van der Waals surface area contributed by atoms with E-state index < -0.39 is 12.7 Å². The molecule has 1 aliphatic rings. The van der Waals surface area contributed by atoms with Crippen molar-refractivity contribution >= 4 is 0 Å². The number of nitrogens with one attached hydrogen (secondary N) is 1. The molecule has 0 spiro atoms. The molecule has 6 heteroatoms. The Morgan fingerprint density at radius 2 is 1.65 bits per heavy atom. The predicted octanol–water partition coefficient (Wildman–Crippen LogP) is 1.17. The zero-order chi connectivity index (χ0) is 12.7. The van der Waals surface area contributed by atoms with Gasteiger partial charge < -0.3 is 10.2 Å². The third-order valence-corrected chi connectivity index (χ3v) is 2.95. The maximum Gasteiger partial charge on any atom is 0.401 e. The molecule has 0 amide bonds. The van der Waals surface area contributed by atoms with Gasteiger partial charge in [0.25, 0.3) is 0 Å². The van der Waals surface area contributed by atoms with Gasteiger partial charge in [-0.15, -0.1) is 0 Å². The lowest BCUT2D eigenvalue weighted by molar-refractivity contribution is -0.149. The summed E-state index contributed by atoms with van der Waals surface area (Å²) in [6.45, 7) is 6.80. The van der Waals surface area contributed by atoms with Crippen molar-refractivity contribution in [1.82, 2.24) is 15.1 Å². The molecule has 0 radical (unpaired) electrons. The van der Waals surface area contributed by atoms with E-state index in [9.17, 15) is 13.2 Å². The summed E-state index contributed by atoms with van der Waals surface area (Å²) in [5.74, 6) is 0. The Balaban J connectivity index is 2.09. The quantitative estimate of drug-likeness (QED) is 0.717. The summed E-state index contributed by atoms with van der Waals surface area (Å²) in [5, 5.41) is 3.24. The second-order valence-electron chi connectivity index (χ2n) is 4.44. The van der Waals surface area contributed by atoms with Crippen LogP contribution >= 0.6 is 0 Å². The van der Waals surface area contributed by atoms with Crippen molar-refractivity contribution in [3.8, 4) is 0 Å². The van der Waals surface area contributed by atoms with Gasteiger partial charge in [-0.2, -0.15) is 13.2 Å². The van der Waals surface area contributed by atoms with E-state index in [1.54, 1.807) is 0 Å². The fourth-order valence-electron chi connectivity index (χ4n) is 2.03. The number of hydrogen-bond acceptors (Lipinski definition) is 3. The summed E-state index contributed by atoms with van der Waals surface area (Å²) in [5.41, 5.74) is 0. The lowest BCUT2D eigenvalue weighted by Crippen LogP contribution is -2.49. The molecule has 17 heavy (non-hydrogen) atoms. The molecule has 0 unspecified atom stereocenters. The SMILES string of the molecule is CCNCCCN1CCN(CC(F)(F)F)CC1. The number of piperazine rings is 1. The van der Waals surface area contributed by atoms with Crippen molar-refractivity contribution in [3.05, 3.63) is 0 Å². The summed E-state index contributed by atoms with van der Waals surface area (Å²) in [4.78, 5) is 3.73. The monoisotopic (exact) mass is 253 g/mol. The second kappa shape index (κ2) is 7.18. The molecule has 1 rings (SSSR count). The largest absolute Gasteiger partial charge is 0.401 e. The number of rotatable bonds is 6. The van der Waals surface area contributed by atoms with Gasteiger partial charge in [-0.25, -0.2) is 0 Å². The predicted molar refractivity (Wildman–Crippen MR) is 62.1 cm³/mol. The van der Waals surface area contributed by atoms with Gasteiger partial charge in [0, 0.05) is 26.2 Å². The molecule has 0 aromatic heterocycles. The minimum absolute atomic E-state index is 0.528. The van der Waals surface area contributed by atoms with Crippen LogP contribution < -0.4 is 5.32 Å². The van der Waals surface area contributed by atoms with Crippen LogP contribution in [0.3, 0.4) is 0 Å². The summed E-state index contributed by atoms with van der Waals surface area (Å²) >= 11 is 0. The van der Waals surface area contributed by atoms with Crippen LogP contribution in [-0.4, -0.2) is 68.3 Å². The Bertz CT molecular complexity index is 201. The third kappa shape index (κ3) is 6.85. The van der Waals surface area contributed by atoms with Crippen LogP contribution in [-0.2, 0) is 0 Å². The van der Waals surface area contributed by atoms with Crippen LogP contribution in [0.5, 0.6) is 0 Å². The summed E-state index contributed by atoms with van der Waals surface area (Å²) in [6, 6.07) is 0. The van der Waals surface area contributed by atoms with Crippen LogP contribution in [0.2, 0.25) is 0 Å². The van der Waals surface area contributed by atoms with Crippen LogP contribution in [0.25, 0.3) is 0 Å². The van der Waals surface area contributed by atoms with Crippen molar-refractivity contribution in [2.45, 2.75) is 19.5 Å². The average molecular weight is 253 g/mol. The molecule has 1 heterocycles. The first-order valence-electron chi connectivity index (χ1n) is 6.23. The first-order valence-corrected chi connectivity index (χ1v) is 6.23. The fourth-order valence-corrected chi connectivity index (χ4v) is 2.03. The number of halogens is 3. The van der Waals surface area contributed by atoms with Gasteiger partial charge in [0.2, 0.25) is 0 Å². The minimum atomic E-state index is -4.06. The molecular weight excluding hydrogens is 231 g/mol. The summed E-state index contributed by atoms with van der Waals surface area (Å²) in [6.07, 6.45) is -3.00. The standard InChI is InChI=1S/C11H22F3N3/c1-2-15-4-3-5-16-6-8-17(9-7-16)10-11(12,13)14/h15H,2-10H2,1H3. The lowest BCUT2D eigenvalue weighted by atomic mass is 10.3. The molecule has 102 valence electrons. The maximum atomic E-state index is 12.2. The third-order valence-electron chi connectivity index (χ3n) is 2.95. The molecule has 0 bridgehead atoms. The van der Waals surface area contributed by atoms with Crippen LogP contribution in [0, 0.1) is 0 Å². The molecule has 0 aromatic carbocycles. The maximum absolute atomic E-state index is 12.2. The molecule has 0 atom stereocenters. The van der Waals surface area contributed by atoms with Gasteiger partial charge in [0.15, 0.2) is 0 Å². The molecular formula is C11H22F3N3. The van der Waals surface area contributed by atoms with Gasteiger partial charge >= 0.3 is 6.18 Å². The average Bonchev–Trinajstić information content (AvgIpc) is 2.25. The smallest absolute Gasteiger partial charge is 0.317 e. The Morgan fingerprint density at radius 1 is 1.06 bits per heavy atom. The lowest BCUT2D eigenvalue weighted by Gasteiger charge is -2.34. The van der Waals surface area contributed by atoms with Crippen molar-refractivity contribution < 1.29 is 13.2 Å². The van der Waals surface area contributed by atoms with Crippen LogP contribution in [0.4, 0.5) is 13.2 Å². The normalized spacial score (nSPS) is 19.8. The van der Waals surface area contributed by atoms with Gasteiger partial charge in [-0.1, -0.05) is 6.92 Å². The Kier molecular flexibility index (Phi) is 6.22. The fraction of sp³-hybridized carbons (Fsp3) is 1.00. The Hall–Kier alpha value is -0.330. The van der Waals surface area contributed by atoms with E-state index in [1.165, 1.54) is 4.90 Å². The molecule has 1 aliphatic heterocycles. The van der Waals surface area contributed by atoms with E-state index in [-0.39, 0.29) is 0 Å². The number of alkyl halides is 3. The molecule has 3 nitrogen and oxygen atoms in total. The number of nitrogens with zero attached hydrogens (tertiary/aromatic N) is 2. The Morgan fingerprint density at radius 3 is 2.18 bits per heavy atom. The van der Waals surface area contributed by atoms with Crippen molar-refractivity contribution in [1.29, 1.82) is 0 Å². The van der Waals surface area contributed by atoms with Gasteiger partial charge in [-0.05, 0) is 26.1 Å².